The van der Waals surface area contributed by atoms with Crippen LogP contribution in [0.1, 0.15) is 33.6 Å². The Kier molecular flexibility index (Phi) is 5.85. The lowest BCUT2D eigenvalue weighted by Crippen LogP contribution is -2.35. The fraction of sp³-hybridized carbons (Fsp3) is 0.429. The second kappa shape index (κ2) is 7.41. The Labute approximate surface area is 113 Å². The van der Waals surface area contributed by atoms with Crippen LogP contribution in [-0.2, 0) is 4.79 Å². The second-order valence-corrected chi connectivity index (χ2v) is 4.55. The number of benzene rings is 1. The molecule has 0 aliphatic carbocycles. The third-order valence-electron chi connectivity index (χ3n) is 2.56. The molecule has 0 aliphatic heterocycles. The van der Waals surface area contributed by atoms with Gasteiger partial charge < -0.3 is 16.0 Å². The third-order valence-corrected chi connectivity index (χ3v) is 2.56. The van der Waals surface area contributed by atoms with Crippen LogP contribution in [0.15, 0.2) is 24.3 Å². The first-order chi connectivity index (χ1) is 9.01. The Hall–Kier alpha value is -2.04. The maximum absolute atomic E-state index is 11.7. The summed E-state index contributed by atoms with van der Waals surface area (Å²) in [6.07, 6.45) is 1.99. The summed E-state index contributed by atoms with van der Waals surface area (Å²) in [5, 5.41) is 8.27. The molecule has 0 spiro atoms. The lowest BCUT2D eigenvalue weighted by Gasteiger charge is -2.13. The molecule has 5 heteroatoms. The number of urea groups is 1. The normalized spacial score (nSPS) is 11.5. The number of hydrogen-bond acceptors (Lipinski definition) is 2. The second-order valence-electron chi connectivity index (χ2n) is 4.55. The van der Waals surface area contributed by atoms with Gasteiger partial charge in [0, 0.05) is 24.3 Å². The van der Waals surface area contributed by atoms with Crippen LogP contribution in [-0.4, -0.2) is 18.0 Å². The maximum Gasteiger partial charge on any atom is 0.319 e. The summed E-state index contributed by atoms with van der Waals surface area (Å²) in [5.74, 6) is -0.119. The van der Waals surface area contributed by atoms with E-state index >= 15 is 0 Å². The summed E-state index contributed by atoms with van der Waals surface area (Å²) >= 11 is 0. The molecule has 1 atom stereocenters. The van der Waals surface area contributed by atoms with E-state index in [0.717, 1.165) is 12.8 Å². The van der Waals surface area contributed by atoms with Crippen LogP contribution in [0.2, 0.25) is 0 Å². The molecule has 19 heavy (non-hydrogen) atoms. The fourth-order valence-corrected chi connectivity index (χ4v) is 1.74. The molecule has 0 fully saturated rings. The minimum absolute atomic E-state index is 0.119. The van der Waals surface area contributed by atoms with Crippen molar-refractivity contribution in [3.05, 3.63) is 24.3 Å². The van der Waals surface area contributed by atoms with Crippen molar-refractivity contribution in [1.82, 2.24) is 5.32 Å². The zero-order chi connectivity index (χ0) is 14.3. The van der Waals surface area contributed by atoms with E-state index in [1.165, 1.54) is 6.92 Å². The van der Waals surface area contributed by atoms with E-state index < -0.39 is 0 Å². The Balaban J connectivity index is 2.48. The van der Waals surface area contributed by atoms with Gasteiger partial charge in [-0.25, -0.2) is 4.79 Å². The summed E-state index contributed by atoms with van der Waals surface area (Å²) in [5.41, 5.74) is 1.40. The van der Waals surface area contributed by atoms with Crippen LogP contribution >= 0.6 is 0 Å². The molecule has 3 N–H and O–H groups in total. The first-order valence-corrected chi connectivity index (χ1v) is 6.46. The number of hydrogen-bond donors (Lipinski definition) is 3. The molecule has 0 heterocycles. The highest BCUT2D eigenvalue weighted by Gasteiger charge is 2.06. The fourth-order valence-electron chi connectivity index (χ4n) is 1.74. The Morgan fingerprint density at radius 2 is 1.63 bits per heavy atom. The van der Waals surface area contributed by atoms with Gasteiger partial charge in [0.05, 0.1) is 0 Å². The van der Waals surface area contributed by atoms with Crippen molar-refractivity contribution in [2.45, 2.75) is 39.7 Å². The first-order valence-electron chi connectivity index (χ1n) is 6.46. The standard InChI is InChI=1S/C14H21N3O2/c1-4-5-10(2)15-14(19)17-13-8-6-12(7-9-13)16-11(3)18/h6-10H,4-5H2,1-3H3,(H,16,18)(H2,15,17,19)/t10-/m1/s1. The zero-order valence-electron chi connectivity index (χ0n) is 11.6. The van der Waals surface area contributed by atoms with Crippen LogP contribution in [0.3, 0.4) is 0 Å². The number of carbonyl (C=O) groups is 2. The Bertz CT molecular complexity index is 429. The number of carbonyl (C=O) groups excluding carboxylic acids is 2. The summed E-state index contributed by atoms with van der Waals surface area (Å²) in [6.45, 7) is 5.51. The largest absolute Gasteiger partial charge is 0.335 e. The highest BCUT2D eigenvalue weighted by molar-refractivity contribution is 5.91. The van der Waals surface area contributed by atoms with Crippen LogP contribution in [0.5, 0.6) is 0 Å². The molecule has 0 radical (unpaired) electrons. The molecule has 0 saturated heterocycles. The number of nitrogens with one attached hydrogen (secondary N) is 3. The van der Waals surface area contributed by atoms with Crippen molar-refractivity contribution in [1.29, 1.82) is 0 Å². The molecule has 0 aromatic heterocycles. The van der Waals surface area contributed by atoms with Gasteiger partial charge in [-0.3, -0.25) is 4.79 Å². The summed E-state index contributed by atoms with van der Waals surface area (Å²) in [7, 11) is 0. The van der Waals surface area contributed by atoms with Crippen molar-refractivity contribution in [3.63, 3.8) is 0 Å². The SMILES string of the molecule is CCC[C@@H](C)NC(=O)Nc1ccc(NC(C)=O)cc1. The molecule has 0 saturated carbocycles. The van der Waals surface area contributed by atoms with Crippen molar-refractivity contribution in [2.75, 3.05) is 10.6 Å². The van der Waals surface area contributed by atoms with Gasteiger partial charge >= 0.3 is 6.03 Å². The quantitative estimate of drug-likeness (QED) is 0.764. The number of anilines is 2. The summed E-state index contributed by atoms with van der Waals surface area (Å²) in [6, 6.07) is 6.92. The zero-order valence-corrected chi connectivity index (χ0v) is 11.6. The number of rotatable bonds is 5. The monoisotopic (exact) mass is 263 g/mol. The molecule has 1 rings (SSSR count). The van der Waals surface area contributed by atoms with Gasteiger partial charge in [0.2, 0.25) is 5.91 Å². The lowest BCUT2D eigenvalue weighted by atomic mass is 10.2. The molecule has 1 aromatic carbocycles. The average Bonchev–Trinajstić information content (AvgIpc) is 2.31. The minimum Gasteiger partial charge on any atom is -0.335 e. The lowest BCUT2D eigenvalue weighted by molar-refractivity contribution is -0.114. The Morgan fingerprint density at radius 1 is 1.11 bits per heavy atom. The molecule has 0 aliphatic rings. The molecular weight excluding hydrogens is 242 g/mol. The molecule has 0 unspecified atom stereocenters. The predicted octanol–water partition coefficient (Wildman–Crippen LogP) is 2.96. The minimum atomic E-state index is -0.215. The van der Waals surface area contributed by atoms with Gasteiger partial charge in [0.25, 0.3) is 0 Å². The van der Waals surface area contributed by atoms with E-state index in [1.54, 1.807) is 24.3 Å². The smallest absolute Gasteiger partial charge is 0.319 e. The van der Waals surface area contributed by atoms with E-state index in [1.807, 2.05) is 6.92 Å². The van der Waals surface area contributed by atoms with Gasteiger partial charge in [-0.05, 0) is 37.6 Å². The van der Waals surface area contributed by atoms with Crippen molar-refractivity contribution < 1.29 is 9.59 Å². The molecule has 3 amide bonds. The van der Waals surface area contributed by atoms with E-state index in [2.05, 4.69) is 22.9 Å². The van der Waals surface area contributed by atoms with Crippen LogP contribution < -0.4 is 16.0 Å². The average molecular weight is 263 g/mol. The molecular formula is C14H21N3O2. The highest BCUT2D eigenvalue weighted by Crippen LogP contribution is 2.13. The van der Waals surface area contributed by atoms with Crippen molar-refractivity contribution >= 4 is 23.3 Å². The van der Waals surface area contributed by atoms with Gasteiger partial charge in [-0.1, -0.05) is 13.3 Å². The van der Waals surface area contributed by atoms with Gasteiger partial charge in [0.1, 0.15) is 0 Å². The van der Waals surface area contributed by atoms with Crippen LogP contribution in [0, 0.1) is 0 Å². The molecule has 0 bridgehead atoms. The molecule has 104 valence electrons. The first kappa shape index (κ1) is 15.0. The van der Waals surface area contributed by atoms with Crippen molar-refractivity contribution in [3.8, 4) is 0 Å². The maximum atomic E-state index is 11.7. The van der Waals surface area contributed by atoms with E-state index in [0.29, 0.717) is 11.4 Å². The van der Waals surface area contributed by atoms with Gasteiger partial charge in [0.15, 0.2) is 0 Å². The van der Waals surface area contributed by atoms with Crippen LogP contribution in [0.25, 0.3) is 0 Å². The summed E-state index contributed by atoms with van der Waals surface area (Å²) < 4.78 is 0. The van der Waals surface area contributed by atoms with E-state index in [4.69, 9.17) is 0 Å². The van der Waals surface area contributed by atoms with E-state index in [-0.39, 0.29) is 18.0 Å². The van der Waals surface area contributed by atoms with Gasteiger partial charge in [-0.2, -0.15) is 0 Å². The summed E-state index contributed by atoms with van der Waals surface area (Å²) in [4.78, 5) is 22.5. The molecule has 5 nitrogen and oxygen atoms in total. The number of amides is 3. The topological polar surface area (TPSA) is 70.2 Å². The highest BCUT2D eigenvalue weighted by atomic mass is 16.2. The Morgan fingerprint density at radius 3 is 2.11 bits per heavy atom. The van der Waals surface area contributed by atoms with Gasteiger partial charge in [-0.15, -0.1) is 0 Å². The third kappa shape index (κ3) is 5.90. The molecule has 1 aromatic rings. The van der Waals surface area contributed by atoms with Crippen molar-refractivity contribution in [2.24, 2.45) is 0 Å². The predicted molar refractivity (Wildman–Crippen MR) is 77.3 cm³/mol. The van der Waals surface area contributed by atoms with Crippen LogP contribution in [0.4, 0.5) is 16.2 Å². The van der Waals surface area contributed by atoms with E-state index in [9.17, 15) is 9.59 Å².